The zero-order valence-electron chi connectivity index (χ0n) is 12.4. The maximum absolute atomic E-state index is 13.9. The molecule has 0 fully saturated rings. The standard InChI is InChI=1S/C16H22FN3O/c1-11(2)15(7-8-21)18-9-12-10-19-20-16(12)13-5-3-4-6-14(13)17/h3-6,10-11,15,18,21H,7-9H2,1-2H3,(H,19,20). The minimum Gasteiger partial charge on any atom is -0.396 e. The molecule has 0 aliphatic carbocycles. The van der Waals surface area contributed by atoms with Crippen LogP contribution in [0.2, 0.25) is 0 Å². The smallest absolute Gasteiger partial charge is 0.132 e. The number of aromatic amines is 1. The molecule has 0 saturated heterocycles. The fourth-order valence-corrected chi connectivity index (χ4v) is 2.39. The van der Waals surface area contributed by atoms with Gasteiger partial charge in [0.2, 0.25) is 0 Å². The van der Waals surface area contributed by atoms with Gasteiger partial charge in [0.1, 0.15) is 5.82 Å². The van der Waals surface area contributed by atoms with Crippen LogP contribution < -0.4 is 5.32 Å². The molecule has 0 aliphatic rings. The summed E-state index contributed by atoms with van der Waals surface area (Å²) in [5.41, 5.74) is 2.14. The van der Waals surface area contributed by atoms with Crippen molar-refractivity contribution in [1.29, 1.82) is 0 Å². The first kappa shape index (κ1) is 15.7. The molecule has 21 heavy (non-hydrogen) atoms. The molecule has 0 saturated carbocycles. The van der Waals surface area contributed by atoms with Gasteiger partial charge < -0.3 is 10.4 Å². The Labute approximate surface area is 124 Å². The largest absolute Gasteiger partial charge is 0.396 e. The molecule has 1 heterocycles. The molecule has 114 valence electrons. The van der Waals surface area contributed by atoms with Crippen molar-refractivity contribution in [2.45, 2.75) is 32.9 Å². The number of nitrogens with one attached hydrogen (secondary N) is 2. The first-order chi connectivity index (χ1) is 10.1. The number of aliphatic hydroxyl groups is 1. The quantitative estimate of drug-likeness (QED) is 0.735. The predicted octanol–water partition coefficient (Wildman–Crippen LogP) is 2.71. The van der Waals surface area contributed by atoms with E-state index in [0.29, 0.717) is 30.1 Å². The minimum absolute atomic E-state index is 0.154. The van der Waals surface area contributed by atoms with Crippen molar-refractivity contribution < 1.29 is 9.50 Å². The van der Waals surface area contributed by atoms with Crippen LogP contribution in [-0.2, 0) is 6.54 Å². The SMILES string of the molecule is CC(C)C(CCO)NCc1cn[nH]c1-c1ccccc1F. The van der Waals surface area contributed by atoms with Gasteiger partial charge in [-0.05, 0) is 24.5 Å². The highest BCUT2D eigenvalue weighted by Crippen LogP contribution is 2.24. The summed E-state index contributed by atoms with van der Waals surface area (Å²) < 4.78 is 13.9. The fraction of sp³-hybridized carbons (Fsp3) is 0.438. The van der Waals surface area contributed by atoms with E-state index in [4.69, 9.17) is 5.11 Å². The number of benzene rings is 1. The average molecular weight is 291 g/mol. The molecule has 1 aromatic heterocycles. The molecule has 2 rings (SSSR count). The number of hydrogen-bond donors (Lipinski definition) is 3. The Balaban J connectivity index is 2.12. The molecular formula is C16H22FN3O. The Hall–Kier alpha value is -1.72. The third-order valence-electron chi connectivity index (χ3n) is 3.66. The van der Waals surface area contributed by atoms with Gasteiger partial charge in [0.15, 0.2) is 0 Å². The third-order valence-corrected chi connectivity index (χ3v) is 3.66. The number of aliphatic hydroxyl groups excluding tert-OH is 1. The molecule has 1 unspecified atom stereocenters. The van der Waals surface area contributed by atoms with Crippen molar-refractivity contribution in [3.63, 3.8) is 0 Å². The summed E-state index contributed by atoms with van der Waals surface area (Å²) in [7, 11) is 0. The van der Waals surface area contributed by atoms with Gasteiger partial charge in [-0.1, -0.05) is 26.0 Å². The van der Waals surface area contributed by atoms with Crippen LogP contribution in [0.4, 0.5) is 4.39 Å². The van der Waals surface area contributed by atoms with E-state index in [1.165, 1.54) is 6.07 Å². The van der Waals surface area contributed by atoms with Crippen molar-refractivity contribution >= 4 is 0 Å². The Kier molecular flexibility index (Phi) is 5.47. The zero-order valence-corrected chi connectivity index (χ0v) is 12.4. The highest BCUT2D eigenvalue weighted by molar-refractivity contribution is 5.63. The van der Waals surface area contributed by atoms with Crippen LogP contribution in [0.3, 0.4) is 0 Å². The van der Waals surface area contributed by atoms with Crippen LogP contribution >= 0.6 is 0 Å². The second-order valence-corrected chi connectivity index (χ2v) is 5.49. The summed E-state index contributed by atoms with van der Waals surface area (Å²) in [4.78, 5) is 0. The van der Waals surface area contributed by atoms with E-state index in [9.17, 15) is 4.39 Å². The summed E-state index contributed by atoms with van der Waals surface area (Å²) >= 11 is 0. The van der Waals surface area contributed by atoms with Crippen LogP contribution in [0.1, 0.15) is 25.8 Å². The number of hydrogen-bond acceptors (Lipinski definition) is 3. The van der Waals surface area contributed by atoms with E-state index in [0.717, 1.165) is 5.56 Å². The fourth-order valence-electron chi connectivity index (χ4n) is 2.39. The van der Waals surface area contributed by atoms with Crippen molar-refractivity contribution in [3.05, 3.63) is 41.8 Å². The second-order valence-electron chi connectivity index (χ2n) is 5.49. The number of aromatic nitrogens is 2. The van der Waals surface area contributed by atoms with Crippen molar-refractivity contribution in [2.75, 3.05) is 6.61 Å². The third kappa shape index (κ3) is 3.89. The van der Waals surface area contributed by atoms with Gasteiger partial charge >= 0.3 is 0 Å². The monoisotopic (exact) mass is 291 g/mol. The molecule has 0 amide bonds. The van der Waals surface area contributed by atoms with Crippen LogP contribution in [0, 0.1) is 11.7 Å². The molecule has 0 bridgehead atoms. The molecule has 4 nitrogen and oxygen atoms in total. The average Bonchev–Trinajstić information content (AvgIpc) is 2.92. The first-order valence-electron chi connectivity index (χ1n) is 7.25. The summed E-state index contributed by atoms with van der Waals surface area (Å²) in [5, 5.41) is 19.4. The van der Waals surface area contributed by atoms with Gasteiger partial charge in [0.05, 0.1) is 11.9 Å². The normalized spacial score (nSPS) is 12.8. The van der Waals surface area contributed by atoms with Crippen LogP contribution in [0.25, 0.3) is 11.3 Å². The maximum atomic E-state index is 13.9. The zero-order chi connectivity index (χ0) is 15.2. The molecule has 3 N–H and O–H groups in total. The Bertz CT molecular complexity index is 568. The lowest BCUT2D eigenvalue weighted by atomic mass is 10.0. The van der Waals surface area contributed by atoms with Crippen molar-refractivity contribution in [3.8, 4) is 11.3 Å². The number of nitrogens with zero attached hydrogens (tertiary/aromatic N) is 1. The topological polar surface area (TPSA) is 60.9 Å². The highest BCUT2D eigenvalue weighted by atomic mass is 19.1. The van der Waals surface area contributed by atoms with Gasteiger partial charge in [-0.15, -0.1) is 0 Å². The van der Waals surface area contributed by atoms with Gasteiger partial charge in [0, 0.05) is 30.3 Å². The maximum Gasteiger partial charge on any atom is 0.132 e. The van der Waals surface area contributed by atoms with Crippen LogP contribution in [-0.4, -0.2) is 28.0 Å². The summed E-state index contributed by atoms with van der Waals surface area (Å²) in [6.45, 7) is 4.96. The number of H-pyrrole nitrogens is 1. The Morgan fingerprint density at radius 2 is 2.10 bits per heavy atom. The summed E-state index contributed by atoms with van der Waals surface area (Å²) in [6, 6.07) is 6.87. The first-order valence-corrected chi connectivity index (χ1v) is 7.25. The second kappa shape index (κ2) is 7.33. The molecule has 0 radical (unpaired) electrons. The van der Waals surface area contributed by atoms with Gasteiger partial charge in [-0.2, -0.15) is 5.10 Å². The molecule has 1 atom stereocenters. The van der Waals surface area contributed by atoms with E-state index in [1.807, 2.05) is 0 Å². The highest BCUT2D eigenvalue weighted by Gasteiger charge is 2.15. The van der Waals surface area contributed by atoms with Gasteiger partial charge in [-0.3, -0.25) is 5.10 Å². The lowest BCUT2D eigenvalue weighted by Crippen LogP contribution is -2.34. The van der Waals surface area contributed by atoms with E-state index < -0.39 is 0 Å². The minimum atomic E-state index is -0.265. The lowest BCUT2D eigenvalue weighted by Gasteiger charge is -2.21. The Morgan fingerprint density at radius 3 is 2.76 bits per heavy atom. The van der Waals surface area contributed by atoms with Gasteiger partial charge in [0.25, 0.3) is 0 Å². The van der Waals surface area contributed by atoms with E-state index in [1.54, 1.807) is 24.4 Å². The Morgan fingerprint density at radius 1 is 1.33 bits per heavy atom. The number of halogens is 1. The molecule has 1 aromatic carbocycles. The van der Waals surface area contributed by atoms with Crippen molar-refractivity contribution in [2.24, 2.45) is 5.92 Å². The molecule has 0 aliphatic heterocycles. The predicted molar refractivity (Wildman–Crippen MR) is 81.2 cm³/mol. The van der Waals surface area contributed by atoms with Crippen molar-refractivity contribution in [1.82, 2.24) is 15.5 Å². The summed E-state index contributed by atoms with van der Waals surface area (Å²) in [6.07, 6.45) is 2.41. The lowest BCUT2D eigenvalue weighted by molar-refractivity contribution is 0.244. The van der Waals surface area contributed by atoms with E-state index >= 15 is 0 Å². The van der Waals surface area contributed by atoms with Crippen LogP contribution in [0.15, 0.2) is 30.5 Å². The van der Waals surface area contributed by atoms with Crippen LogP contribution in [0.5, 0.6) is 0 Å². The molecule has 5 heteroatoms. The number of rotatable bonds is 7. The molecular weight excluding hydrogens is 269 g/mol. The molecule has 2 aromatic rings. The summed E-state index contributed by atoms with van der Waals surface area (Å²) in [5.74, 6) is 0.153. The molecule has 0 spiro atoms. The van der Waals surface area contributed by atoms with E-state index in [2.05, 4.69) is 29.4 Å². The van der Waals surface area contributed by atoms with Gasteiger partial charge in [-0.25, -0.2) is 4.39 Å². The van der Waals surface area contributed by atoms with E-state index in [-0.39, 0.29) is 18.5 Å².